The molecule has 1 rings (SSSR count). The van der Waals surface area contributed by atoms with Gasteiger partial charge in [-0.2, -0.15) is 0 Å². The van der Waals surface area contributed by atoms with E-state index in [9.17, 15) is 0 Å². The van der Waals surface area contributed by atoms with Crippen molar-refractivity contribution in [3.8, 4) is 0 Å². The average Bonchev–Trinajstić information content (AvgIpc) is 1.95. The fourth-order valence-electron chi connectivity index (χ4n) is 0.921. The zero-order valence-corrected chi connectivity index (χ0v) is 8.27. The quantitative estimate of drug-likeness (QED) is 0.814. The Balaban J connectivity index is 2.90. The van der Waals surface area contributed by atoms with Crippen LogP contribution >= 0.6 is 15.9 Å². The molecule has 1 N–H and O–H groups in total. The summed E-state index contributed by atoms with van der Waals surface area (Å²) in [4.78, 5) is 4.26. The molecule has 0 atom stereocenters. The Morgan fingerprint density at radius 3 is 2.91 bits per heavy atom. The van der Waals surface area contributed by atoms with Crippen molar-refractivity contribution in [2.24, 2.45) is 0 Å². The first-order valence-corrected chi connectivity index (χ1v) is 4.29. The molecule has 0 amide bonds. The lowest BCUT2D eigenvalue weighted by molar-refractivity contribution is 0.783. The summed E-state index contributed by atoms with van der Waals surface area (Å²) in [5, 5.41) is 3.07. The molecule has 60 valence electrons. The third-order valence-electron chi connectivity index (χ3n) is 1.50. The molecular formula is C8H11BrN2. The first-order valence-electron chi connectivity index (χ1n) is 3.49. The lowest BCUT2D eigenvalue weighted by Crippen LogP contribution is -2.08. The van der Waals surface area contributed by atoms with Crippen LogP contribution < -0.4 is 5.32 Å². The summed E-state index contributed by atoms with van der Waals surface area (Å²) in [6.45, 7) is 2.89. The first kappa shape index (κ1) is 8.68. The van der Waals surface area contributed by atoms with Gasteiger partial charge < -0.3 is 5.32 Å². The molecule has 1 heterocycles. The molecule has 0 radical (unpaired) electrons. The van der Waals surface area contributed by atoms with Gasteiger partial charge in [0.25, 0.3) is 0 Å². The highest BCUT2D eigenvalue weighted by Gasteiger charge is 1.97. The third kappa shape index (κ3) is 2.27. The minimum absolute atomic E-state index is 0.832. The van der Waals surface area contributed by atoms with Gasteiger partial charge in [0.2, 0.25) is 0 Å². The summed E-state index contributed by atoms with van der Waals surface area (Å²) in [6, 6.07) is 2.07. The fourth-order valence-corrected chi connectivity index (χ4v) is 1.37. The number of hydrogen-bond donors (Lipinski definition) is 1. The van der Waals surface area contributed by atoms with E-state index in [1.807, 2.05) is 13.2 Å². The van der Waals surface area contributed by atoms with Crippen molar-refractivity contribution in [2.45, 2.75) is 13.5 Å². The second-order valence-electron chi connectivity index (χ2n) is 2.45. The maximum absolute atomic E-state index is 4.26. The van der Waals surface area contributed by atoms with Gasteiger partial charge in [0, 0.05) is 17.2 Å². The van der Waals surface area contributed by atoms with E-state index < -0.39 is 0 Å². The SMILES string of the molecule is CNCc1ncc(Br)cc1C. The molecule has 0 fully saturated rings. The van der Waals surface area contributed by atoms with E-state index in [4.69, 9.17) is 0 Å². The maximum Gasteiger partial charge on any atom is 0.0571 e. The van der Waals surface area contributed by atoms with Gasteiger partial charge in [-0.15, -0.1) is 0 Å². The molecule has 3 heteroatoms. The number of nitrogens with zero attached hydrogens (tertiary/aromatic N) is 1. The highest BCUT2D eigenvalue weighted by molar-refractivity contribution is 9.10. The molecule has 0 bridgehead atoms. The lowest BCUT2D eigenvalue weighted by Gasteiger charge is -2.02. The Labute approximate surface area is 75.2 Å². The number of pyridine rings is 1. The summed E-state index contributed by atoms with van der Waals surface area (Å²) < 4.78 is 1.04. The van der Waals surface area contributed by atoms with Crippen LogP contribution in [0.3, 0.4) is 0 Å². The number of aromatic nitrogens is 1. The van der Waals surface area contributed by atoms with E-state index in [1.165, 1.54) is 5.56 Å². The normalized spacial score (nSPS) is 10.1. The number of hydrogen-bond acceptors (Lipinski definition) is 2. The molecule has 2 nitrogen and oxygen atoms in total. The fraction of sp³-hybridized carbons (Fsp3) is 0.375. The summed E-state index contributed by atoms with van der Waals surface area (Å²) >= 11 is 3.36. The predicted molar refractivity (Wildman–Crippen MR) is 49.4 cm³/mol. The number of aryl methyl sites for hydroxylation is 1. The Hall–Kier alpha value is -0.410. The van der Waals surface area contributed by atoms with E-state index >= 15 is 0 Å². The van der Waals surface area contributed by atoms with Crippen molar-refractivity contribution >= 4 is 15.9 Å². The molecule has 0 aliphatic heterocycles. The molecule has 0 aromatic carbocycles. The smallest absolute Gasteiger partial charge is 0.0571 e. The van der Waals surface area contributed by atoms with Gasteiger partial charge in [0.15, 0.2) is 0 Å². The highest BCUT2D eigenvalue weighted by atomic mass is 79.9. The predicted octanol–water partition coefficient (Wildman–Crippen LogP) is 1.87. The molecule has 0 unspecified atom stereocenters. The van der Waals surface area contributed by atoms with Crippen LogP contribution in [-0.2, 0) is 6.54 Å². The largest absolute Gasteiger partial charge is 0.314 e. The molecule has 1 aromatic heterocycles. The van der Waals surface area contributed by atoms with Crippen LogP contribution in [0, 0.1) is 6.92 Å². The van der Waals surface area contributed by atoms with Crippen molar-refractivity contribution in [3.05, 3.63) is 28.0 Å². The van der Waals surface area contributed by atoms with Gasteiger partial charge >= 0.3 is 0 Å². The Morgan fingerprint density at radius 1 is 1.64 bits per heavy atom. The zero-order valence-electron chi connectivity index (χ0n) is 6.69. The Bertz CT molecular complexity index is 248. The van der Waals surface area contributed by atoms with Crippen molar-refractivity contribution in [3.63, 3.8) is 0 Å². The number of rotatable bonds is 2. The van der Waals surface area contributed by atoms with Crippen molar-refractivity contribution in [2.75, 3.05) is 7.05 Å². The molecule has 11 heavy (non-hydrogen) atoms. The van der Waals surface area contributed by atoms with E-state index in [2.05, 4.69) is 39.2 Å². The minimum atomic E-state index is 0.832. The maximum atomic E-state index is 4.26. The molecule has 0 aliphatic rings. The van der Waals surface area contributed by atoms with E-state index in [0.717, 1.165) is 16.7 Å². The standard InChI is InChI=1S/C8H11BrN2/c1-6-3-7(9)4-11-8(6)5-10-2/h3-4,10H,5H2,1-2H3. The lowest BCUT2D eigenvalue weighted by atomic mass is 10.2. The molecular weight excluding hydrogens is 204 g/mol. The summed E-state index contributed by atoms with van der Waals surface area (Å²) in [6.07, 6.45) is 1.82. The third-order valence-corrected chi connectivity index (χ3v) is 1.93. The van der Waals surface area contributed by atoms with Gasteiger partial charge in [-0.3, -0.25) is 4.98 Å². The van der Waals surface area contributed by atoms with Gasteiger partial charge in [-0.1, -0.05) is 0 Å². The van der Waals surface area contributed by atoms with Crippen molar-refractivity contribution in [1.29, 1.82) is 0 Å². The Morgan fingerprint density at radius 2 is 2.36 bits per heavy atom. The van der Waals surface area contributed by atoms with Crippen LogP contribution in [0.15, 0.2) is 16.7 Å². The number of nitrogens with one attached hydrogen (secondary N) is 1. The highest BCUT2D eigenvalue weighted by Crippen LogP contribution is 2.12. The second-order valence-corrected chi connectivity index (χ2v) is 3.36. The molecule has 0 spiro atoms. The average molecular weight is 215 g/mol. The Kier molecular flexibility index (Phi) is 3.02. The molecule has 0 saturated carbocycles. The van der Waals surface area contributed by atoms with E-state index in [0.29, 0.717) is 0 Å². The monoisotopic (exact) mass is 214 g/mol. The molecule has 1 aromatic rings. The van der Waals surface area contributed by atoms with Gasteiger partial charge in [-0.05, 0) is 41.5 Å². The van der Waals surface area contributed by atoms with Crippen LogP contribution in [0.4, 0.5) is 0 Å². The molecule has 0 saturated heterocycles. The summed E-state index contributed by atoms with van der Waals surface area (Å²) in [5.74, 6) is 0. The van der Waals surface area contributed by atoms with Crippen LogP contribution in [-0.4, -0.2) is 12.0 Å². The molecule has 0 aliphatic carbocycles. The minimum Gasteiger partial charge on any atom is -0.314 e. The van der Waals surface area contributed by atoms with Crippen LogP contribution in [0.1, 0.15) is 11.3 Å². The zero-order chi connectivity index (χ0) is 8.27. The van der Waals surface area contributed by atoms with Crippen molar-refractivity contribution < 1.29 is 0 Å². The van der Waals surface area contributed by atoms with Gasteiger partial charge in [0.1, 0.15) is 0 Å². The van der Waals surface area contributed by atoms with E-state index in [1.54, 1.807) is 0 Å². The summed E-state index contributed by atoms with van der Waals surface area (Å²) in [7, 11) is 1.92. The van der Waals surface area contributed by atoms with Crippen LogP contribution in [0.2, 0.25) is 0 Å². The van der Waals surface area contributed by atoms with Gasteiger partial charge in [0.05, 0.1) is 5.69 Å². The van der Waals surface area contributed by atoms with E-state index in [-0.39, 0.29) is 0 Å². The summed E-state index contributed by atoms with van der Waals surface area (Å²) in [5.41, 5.74) is 2.32. The topological polar surface area (TPSA) is 24.9 Å². The van der Waals surface area contributed by atoms with Crippen molar-refractivity contribution in [1.82, 2.24) is 10.3 Å². The number of halogens is 1. The second kappa shape index (κ2) is 3.83. The van der Waals surface area contributed by atoms with Gasteiger partial charge in [-0.25, -0.2) is 0 Å². The van der Waals surface area contributed by atoms with Crippen LogP contribution in [0.5, 0.6) is 0 Å². The first-order chi connectivity index (χ1) is 5.24. The van der Waals surface area contributed by atoms with Crippen LogP contribution in [0.25, 0.3) is 0 Å².